The van der Waals surface area contributed by atoms with E-state index in [-0.39, 0.29) is 12.8 Å². The molecule has 0 aromatic heterocycles. The van der Waals surface area contributed by atoms with E-state index in [4.69, 9.17) is 15.6 Å². The summed E-state index contributed by atoms with van der Waals surface area (Å²) in [5.74, 6) is -1.64. The summed E-state index contributed by atoms with van der Waals surface area (Å²) in [5, 5.41) is 9.09. The molecule has 19 heavy (non-hydrogen) atoms. The van der Waals surface area contributed by atoms with Crippen LogP contribution >= 0.6 is 0 Å². The molecule has 0 aromatic carbocycles. The van der Waals surface area contributed by atoms with Crippen LogP contribution in [0.2, 0.25) is 0 Å². The molecule has 0 aromatic rings. The van der Waals surface area contributed by atoms with Gasteiger partial charge in [-0.25, -0.2) is 9.59 Å². The molecule has 0 heterocycles. The predicted molar refractivity (Wildman–Crippen MR) is 68.5 cm³/mol. The molecule has 0 radical (unpaired) electrons. The van der Waals surface area contributed by atoms with Crippen LogP contribution in [0.1, 0.15) is 40.0 Å². The SMILES string of the molecule is CN(C(=O)OC(C)(C)C)[C@H](CCCC(N)=O)C(=O)O. The molecule has 0 fully saturated rings. The zero-order valence-corrected chi connectivity index (χ0v) is 11.8. The third-order valence-corrected chi connectivity index (χ3v) is 2.33. The summed E-state index contributed by atoms with van der Waals surface area (Å²) in [7, 11) is 1.36. The molecule has 0 rings (SSSR count). The van der Waals surface area contributed by atoms with E-state index in [1.54, 1.807) is 20.8 Å². The quantitative estimate of drug-likeness (QED) is 0.749. The van der Waals surface area contributed by atoms with Crippen LogP contribution in [0.4, 0.5) is 4.79 Å². The van der Waals surface area contributed by atoms with E-state index in [0.29, 0.717) is 6.42 Å². The molecule has 0 aliphatic rings. The Hall–Kier alpha value is -1.79. The number of aliphatic carboxylic acids is 1. The smallest absolute Gasteiger partial charge is 0.410 e. The molecule has 0 saturated heterocycles. The van der Waals surface area contributed by atoms with Crippen molar-refractivity contribution in [3.05, 3.63) is 0 Å². The van der Waals surface area contributed by atoms with Crippen LogP contribution in [-0.2, 0) is 14.3 Å². The molecule has 7 heteroatoms. The van der Waals surface area contributed by atoms with Gasteiger partial charge in [0.2, 0.25) is 5.91 Å². The molecule has 2 amide bonds. The second kappa shape index (κ2) is 6.96. The Morgan fingerprint density at radius 3 is 2.21 bits per heavy atom. The normalized spacial score (nSPS) is 12.6. The Morgan fingerprint density at radius 1 is 1.32 bits per heavy atom. The molecule has 0 bridgehead atoms. The lowest BCUT2D eigenvalue weighted by molar-refractivity contribution is -0.143. The van der Waals surface area contributed by atoms with Gasteiger partial charge in [-0.2, -0.15) is 0 Å². The summed E-state index contributed by atoms with van der Waals surface area (Å²) >= 11 is 0. The van der Waals surface area contributed by atoms with Gasteiger partial charge in [-0.05, 0) is 33.6 Å². The average molecular weight is 274 g/mol. The van der Waals surface area contributed by atoms with Crippen molar-refractivity contribution >= 4 is 18.0 Å². The minimum absolute atomic E-state index is 0.0892. The number of ether oxygens (including phenoxy) is 1. The Kier molecular flexibility index (Phi) is 6.31. The van der Waals surface area contributed by atoms with Crippen molar-refractivity contribution in [1.82, 2.24) is 4.90 Å². The van der Waals surface area contributed by atoms with E-state index in [1.165, 1.54) is 7.05 Å². The number of carboxylic acids is 1. The van der Waals surface area contributed by atoms with Crippen LogP contribution in [-0.4, -0.2) is 46.7 Å². The lowest BCUT2D eigenvalue weighted by Gasteiger charge is -2.28. The number of carbonyl (C=O) groups excluding carboxylic acids is 2. The highest BCUT2D eigenvalue weighted by Gasteiger charge is 2.29. The molecule has 0 aliphatic heterocycles. The van der Waals surface area contributed by atoms with Crippen LogP contribution in [0.25, 0.3) is 0 Å². The number of nitrogens with zero attached hydrogens (tertiary/aromatic N) is 1. The Morgan fingerprint density at radius 2 is 1.84 bits per heavy atom. The number of carbonyl (C=O) groups is 3. The zero-order chi connectivity index (χ0) is 15.2. The number of primary amides is 1. The first-order valence-electron chi connectivity index (χ1n) is 6.01. The third-order valence-electron chi connectivity index (χ3n) is 2.33. The molecule has 0 unspecified atom stereocenters. The van der Waals surface area contributed by atoms with E-state index in [0.717, 1.165) is 4.90 Å². The second-order valence-corrected chi connectivity index (χ2v) is 5.30. The van der Waals surface area contributed by atoms with E-state index in [2.05, 4.69) is 0 Å². The van der Waals surface area contributed by atoms with Crippen LogP contribution in [0.5, 0.6) is 0 Å². The lowest BCUT2D eigenvalue weighted by atomic mass is 10.1. The molecule has 3 N–H and O–H groups in total. The van der Waals surface area contributed by atoms with Crippen molar-refractivity contribution in [3.8, 4) is 0 Å². The first kappa shape index (κ1) is 17.2. The van der Waals surface area contributed by atoms with Gasteiger partial charge in [0.25, 0.3) is 0 Å². The summed E-state index contributed by atoms with van der Waals surface area (Å²) in [4.78, 5) is 34.5. The number of hydrogen-bond acceptors (Lipinski definition) is 4. The highest BCUT2D eigenvalue weighted by Crippen LogP contribution is 2.14. The summed E-state index contributed by atoms with van der Waals surface area (Å²) in [6.07, 6.45) is -0.168. The molecule has 1 atom stereocenters. The van der Waals surface area contributed by atoms with Crippen molar-refractivity contribution in [2.24, 2.45) is 5.73 Å². The number of nitrogens with two attached hydrogens (primary N) is 1. The molecule has 7 nitrogen and oxygen atoms in total. The first-order valence-corrected chi connectivity index (χ1v) is 6.01. The van der Waals surface area contributed by atoms with Crippen LogP contribution in [0.3, 0.4) is 0 Å². The van der Waals surface area contributed by atoms with Gasteiger partial charge in [-0.1, -0.05) is 0 Å². The second-order valence-electron chi connectivity index (χ2n) is 5.30. The maximum atomic E-state index is 11.8. The fourth-order valence-electron chi connectivity index (χ4n) is 1.41. The fourth-order valence-corrected chi connectivity index (χ4v) is 1.41. The Balaban J connectivity index is 4.56. The topological polar surface area (TPSA) is 110 Å². The maximum Gasteiger partial charge on any atom is 0.410 e. The largest absolute Gasteiger partial charge is 0.480 e. The first-order chi connectivity index (χ1) is 8.54. The van der Waals surface area contributed by atoms with Gasteiger partial charge in [0, 0.05) is 13.5 Å². The highest BCUT2D eigenvalue weighted by molar-refractivity contribution is 5.80. The molecule has 0 aliphatic carbocycles. The number of rotatable bonds is 6. The molecule has 0 spiro atoms. The van der Waals surface area contributed by atoms with Crippen molar-refractivity contribution in [2.45, 2.75) is 51.7 Å². The minimum atomic E-state index is -1.14. The predicted octanol–water partition coefficient (Wildman–Crippen LogP) is 0.962. The standard InChI is InChI=1S/C12H22N2O5/c1-12(2,3)19-11(18)14(4)8(10(16)17)6-5-7-9(13)15/h8H,5-7H2,1-4H3,(H2,13,15)(H,16,17)/t8-/m1/s1. The van der Waals surface area contributed by atoms with Crippen molar-refractivity contribution < 1.29 is 24.2 Å². The highest BCUT2D eigenvalue weighted by atomic mass is 16.6. The summed E-state index contributed by atoms with van der Waals surface area (Å²) < 4.78 is 5.09. The molecule has 110 valence electrons. The third kappa shape index (κ3) is 7.28. The van der Waals surface area contributed by atoms with Crippen LogP contribution < -0.4 is 5.73 Å². The van der Waals surface area contributed by atoms with Crippen LogP contribution in [0, 0.1) is 0 Å². The Bertz CT molecular complexity index is 349. The molecular formula is C12H22N2O5. The van der Waals surface area contributed by atoms with Gasteiger partial charge in [0.1, 0.15) is 11.6 Å². The molecule has 0 saturated carbocycles. The maximum absolute atomic E-state index is 11.8. The number of amides is 2. The van der Waals surface area contributed by atoms with Gasteiger partial charge in [-0.3, -0.25) is 9.69 Å². The van der Waals surface area contributed by atoms with Crippen LogP contribution in [0.15, 0.2) is 0 Å². The van der Waals surface area contributed by atoms with Gasteiger partial charge < -0.3 is 15.6 Å². The fraction of sp³-hybridized carbons (Fsp3) is 0.750. The summed E-state index contributed by atoms with van der Waals surface area (Å²) in [6.45, 7) is 5.09. The van der Waals surface area contributed by atoms with Crippen molar-refractivity contribution in [1.29, 1.82) is 0 Å². The van der Waals surface area contributed by atoms with E-state index < -0.39 is 29.6 Å². The summed E-state index contributed by atoms with van der Waals surface area (Å²) in [5.41, 5.74) is 4.29. The lowest BCUT2D eigenvalue weighted by Crippen LogP contribution is -2.44. The summed E-state index contributed by atoms with van der Waals surface area (Å²) in [6, 6.07) is -1.03. The number of hydrogen-bond donors (Lipinski definition) is 2. The zero-order valence-electron chi connectivity index (χ0n) is 11.8. The van der Waals surface area contributed by atoms with Gasteiger partial charge in [-0.15, -0.1) is 0 Å². The van der Waals surface area contributed by atoms with Gasteiger partial charge in [0.05, 0.1) is 0 Å². The van der Waals surface area contributed by atoms with E-state index >= 15 is 0 Å². The van der Waals surface area contributed by atoms with Gasteiger partial charge in [0.15, 0.2) is 0 Å². The van der Waals surface area contributed by atoms with E-state index in [1.807, 2.05) is 0 Å². The minimum Gasteiger partial charge on any atom is -0.480 e. The molecular weight excluding hydrogens is 252 g/mol. The number of likely N-dealkylation sites (N-methyl/N-ethyl adjacent to an activating group) is 1. The van der Waals surface area contributed by atoms with Gasteiger partial charge >= 0.3 is 12.1 Å². The van der Waals surface area contributed by atoms with Crippen molar-refractivity contribution in [3.63, 3.8) is 0 Å². The number of carboxylic acid groups (broad SMARTS) is 1. The monoisotopic (exact) mass is 274 g/mol. The van der Waals surface area contributed by atoms with Crippen molar-refractivity contribution in [2.75, 3.05) is 7.05 Å². The van der Waals surface area contributed by atoms with E-state index in [9.17, 15) is 14.4 Å². The Labute approximate surface area is 112 Å². The average Bonchev–Trinajstić information content (AvgIpc) is 2.20.